The summed E-state index contributed by atoms with van der Waals surface area (Å²) in [6, 6.07) is 24.4. The predicted octanol–water partition coefficient (Wildman–Crippen LogP) is 7.06. The number of halogens is 1. The monoisotopic (exact) mass is 469 g/mol. The number of pyridine rings is 1. The number of nitrogens with zero attached hydrogens (tertiary/aromatic N) is 1. The standard InChI is InChI=1S/C29H24ClNO3/c1-19(29(33)34)26-8-3-2-6-21(26)12-16-28(32)23-7-4-5-20(17-23)9-14-25-15-11-22-10-13-24(30)18-27(22)31-25/h2-11,13-15,17-19H,12,16H2,1H3,(H,33,34)/b14-9+. The van der Waals surface area contributed by atoms with Crippen molar-refractivity contribution in [2.24, 2.45) is 0 Å². The van der Waals surface area contributed by atoms with Crippen molar-refractivity contribution < 1.29 is 14.7 Å². The van der Waals surface area contributed by atoms with E-state index in [9.17, 15) is 14.7 Å². The highest BCUT2D eigenvalue weighted by atomic mass is 35.5. The van der Waals surface area contributed by atoms with E-state index in [0.29, 0.717) is 23.4 Å². The highest BCUT2D eigenvalue weighted by Crippen LogP contribution is 2.23. The van der Waals surface area contributed by atoms with Gasteiger partial charge >= 0.3 is 5.97 Å². The van der Waals surface area contributed by atoms with Crippen LogP contribution in [0.2, 0.25) is 5.02 Å². The molecule has 0 aliphatic carbocycles. The quantitative estimate of drug-likeness (QED) is 0.280. The minimum absolute atomic E-state index is 0.0199. The number of benzene rings is 3. The first-order valence-corrected chi connectivity index (χ1v) is 11.5. The Morgan fingerprint density at radius 2 is 1.76 bits per heavy atom. The minimum atomic E-state index is -0.873. The van der Waals surface area contributed by atoms with E-state index in [2.05, 4.69) is 4.98 Å². The van der Waals surface area contributed by atoms with Crippen molar-refractivity contribution in [2.45, 2.75) is 25.7 Å². The molecule has 4 rings (SSSR count). The summed E-state index contributed by atoms with van der Waals surface area (Å²) in [6.07, 6.45) is 4.65. The molecule has 34 heavy (non-hydrogen) atoms. The number of rotatable bonds is 8. The lowest BCUT2D eigenvalue weighted by Crippen LogP contribution is -2.11. The first-order chi connectivity index (χ1) is 16.4. The molecule has 0 bridgehead atoms. The van der Waals surface area contributed by atoms with Gasteiger partial charge in [0.15, 0.2) is 5.78 Å². The van der Waals surface area contributed by atoms with Crippen LogP contribution in [0.1, 0.15) is 52.0 Å². The van der Waals surface area contributed by atoms with Crippen LogP contribution in [0.5, 0.6) is 0 Å². The molecule has 1 heterocycles. The van der Waals surface area contributed by atoms with Crippen molar-refractivity contribution in [1.82, 2.24) is 4.98 Å². The van der Waals surface area contributed by atoms with Gasteiger partial charge in [0, 0.05) is 22.4 Å². The molecule has 1 unspecified atom stereocenters. The molecule has 3 aromatic carbocycles. The van der Waals surface area contributed by atoms with Crippen LogP contribution in [-0.4, -0.2) is 21.8 Å². The number of fused-ring (bicyclic) bond motifs is 1. The average Bonchev–Trinajstić information content (AvgIpc) is 2.85. The van der Waals surface area contributed by atoms with Crippen LogP contribution in [0, 0.1) is 0 Å². The summed E-state index contributed by atoms with van der Waals surface area (Å²) in [5.41, 5.74) is 4.81. The Bertz CT molecular complexity index is 1390. The van der Waals surface area contributed by atoms with Gasteiger partial charge in [-0.3, -0.25) is 9.59 Å². The topological polar surface area (TPSA) is 67.3 Å². The van der Waals surface area contributed by atoms with Crippen LogP contribution >= 0.6 is 11.6 Å². The van der Waals surface area contributed by atoms with E-state index in [1.807, 2.05) is 91.0 Å². The summed E-state index contributed by atoms with van der Waals surface area (Å²) >= 11 is 6.08. The fraction of sp³-hybridized carbons (Fsp3) is 0.138. The number of Topliss-reactive ketones (excluding diaryl/α,β-unsaturated/α-hetero) is 1. The van der Waals surface area contributed by atoms with Gasteiger partial charge in [-0.2, -0.15) is 0 Å². The number of hydrogen-bond donors (Lipinski definition) is 1. The molecule has 0 amide bonds. The van der Waals surface area contributed by atoms with Crippen molar-refractivity contribution in [3.63, 3.8) is 0 Å². The first-order valence-electron chi connectivity index (χ1n) is 11.1. The molecule has 4 nitrogen and oxygen atoms in total. The summed E-state index contributed by atoms with van der Waals surface area (Å²) in [5.74, 6) is -1.46. The molecular formula is C29H24ClNO3. The minimum Gasteiger partial charge on any atom is -0.481 e. The fourth-order valence-electron chi connectivity index (χ4n) is 3.91. The third kappa shape index (κ3) is 5.59. The number of carbonyl (C=O) groups is 2. The molecule has 5 heteroatoms. The maximum Gasteiger partial charge on any atom is 0.310 e. The summed E-state index contributed by atoms with van der Waals surface area (Å²) in [7, 11) is 0. The molecule has 1 aromatic heterocycles. The van der Waals surface area contributed by atoms with E-state index in [1.54, 1.807) is 6.92 Å². The Morgan fingerprint density at radius 3 is 2.59 bits per heavy atom. The van der Waals surface area contributed by atoms with Crippen molar-refractivity contribution in [2.75, 3.05) is 0 Å². The fourth-order valence-corrected chi connectivity index (χ4v) is 4.07. The number of aliphatic carboxylic acids is 1. The second-order valence-electron chi connectivity index (χ2n) is 8.21. The molecule has 170 valence electrons. The molecule has 0 radical (unpaired) electrons. The molecule has 0 saturated heterocycles. The van der Waals surface area contributed by atoms with Crippen molar-refractivity contribution in [1.29, 1.82) is 0 Å². The van der Waals surface area contributed by atoms with E-state index in [-0.39, 0.29) is 5.78 Å². The average molecular weight is 470 g/mol. The third-order valence-corrected chi connectivity index (χ3v) is 6.08. The van der Waals surface area contributed by atoms with Gasteiger partial charge in [0.2, 0.25) is 0 Å². The van der Waals surface area contributed by atoms with Crippen LogP contribution < -0.4 is 0 Å². The smallest absolute Gasteiger partial charge is 0.310 e. The van der Waals surface area contributed by atoms with E-state index < -0.39 is 11.9 Å². The Labute approximate surface area is 203 Å². The third-order valence-electron chi connectivity index (χ3n) is 5.84. The number of aryl methyl sites for hydroxylation is 1. The number of ketones is 1. The summed E-state index contributed by atoms with van der Waals surface area (Å²) in [4.78, 5) is 28.9. The first kappa shape index (κ1) is 23.4. The molecule has 0 aliphatic rings. The summed E-state index contributed by atoms with van der Waals surface area (Å²) < 4.78 is 0. The second-order valence-corrected chi connectivity index (χ2v) is 8.65. The predicted molar refractivity (Wildman–Crippen MR) is 137 cm³/mol. The number of hydrogen-bond acceptors (Lipinski definition) is 3. The van der Waals surface area contributed by atoms with Gasteiger partial charge in [0.25, 0.3) is 0 Å². The summed E-state index contributed by atoms with van der Waals surface area (Å²) in [5, 5.41) is 11.0. The number of carbonyl (C=O) groups excluding carboxylic acids is 1. The maximum atomic E-state index is 12.9. The Morgan fingerprint density at radius 1 is 0.971 bits per heavy atom. The number of carboxylic acid groups (broad SMARTS) is 1. The SMILES string of the molecule is CC(C(=O)O)c1ccccc1CCC(=O)c1cccc(/C=C/c2ccc3ccc(Cl)cc3n2)c1. The van der Waals surface area contributed by atoms with E-state index >= 15 is 0 Å². The Balaban J connectivity index is 1.46. The lowest BCUT2D eigenvalue weighted by atomic mass is 9.92. The van der Waals surface area contributed by atoms with Crippen LogP contribution in [0.15, 0.2) is 78.9 Å². The molecule has 1 atom stereocenters. The largest absolute Gasteiger partial charge is 0.481 e. The van der Waals surface area contributed by atoms with E-state index in [0.717, 1.165) is 33.3 Å². The van der Waals surface area contributed by atoms with Crippen molar-refractivity contribution in [3.8, 4) is 0 Å². The molecular weight excluding hydrogens is 446 g/mol. The van der Waals surface area contributed by atoms with Crippen LogP contribution in [0.4, 0.5) is 0 Å². The van der Waals surface area contributed by atoms with E-state index in [4.69, 9.17) is 11.6 Å². The van der Waals surface area contributed by atoms with Crippen molar-refractivity contribution in [3.05, 3.63) is 112 Å². The zero-order chi connectivity index (χ0) is 24.1. The van der Waals surface area contributed by atoms with Gasteiger partial charge in [0.05, 0.1) is 17.1 Å². The van der Waals surface area contributed by atoms with Crippen molar-refractivity contribution >= 4 is 46.4 Å². The molecule has 0 saturated carbocycles. The van der Waals surface area contributed by atoms with Crippen LogP contribution in [-0.2, 0) is 11.2 Å². The lowest BCUT2D eigenvalue weighted by molar-refractivity contribution is -0.138. The molecule has 0 fully saturated rings. The molecule has 1 N–H and O–H groups in total. The van der Waals surface area contributed by atoms with Gasteiger partial charge in [-0.1, -0.05) is 72.3 Å². The molecule has 0 aliphatic heterocycles. The molecule has 0 spiro atoms. The number of aromatic nitrogens is 1. The van der Waals surface area contributed by atoms with Gasteiger partial charge in [-0.25, -0.2) is 4.98 Å². The Kier molecular flexibility index (Phi) is 7.19. The lowest BCUT2D eigenvalue weighted by Gasteiger charge is -2.12. The van der Waals surface area contributed by atoms with Gasteiger partial charge in [-0.15, -0.1) is 0 Å². The zero-order valence-corrected chi connectivity index (χ0v) is 19.5. The second kappa shape index (κ2) is 10.4. The van der Waals surface area contributed by atoms with Crippen LogP contribution in [0.3, 0.4) is 0 Å². The molecule has 4 aromatic rings. The highest BCUT2D eigenvalue weighted by molar-refractivity contribution is 6.31. The van der Waals surface area contributed by atoms with Gasteiger partial charge in [-0.05, 0) is 60.4 Å². The van der Waals surface area contributed by atoms with Crippen LogP contribution in [0.25, 0.3) is 23.1 Å². The Hall–Kier alpha value is -3.76. The normalized spacial score (nSPS) is 12.2. The van der Waals surface area contributed by atoms with E-state index in [1.165, 1.54) is 0 Å². The summed E-state index contributed by atoms with van der Waals surface area (Å²) in [6.45, 7) is 1.66. The maximum absolute atomic E-state index is 12.9. The zero-order valence-electron chi connectivity index (χ0n) is 18.7. The highest BCUT2D eigenvalue weighted by Gasteiger charge is 2.17. The number of carboxylic acids is 1. The van der Waals surface area contributed by atoms with Gasteiger partial charge in [0.1, 0.15) is 0 Å². The van der Waals surface area contributed by atoms with Gasteiger partial charge < -0.3 is 5.11 Å².